The molecule has 2 heterocycles. The Balaban J connectivity index is 1.37. The van der Waals surface area contributed by atoms with E-state index in [0.717, 1.165) is 39.3 Å². The zero-order valence-electron chi connectivity index (χ0n) is 18.7. The van der Waals surface area contributed by atoms with Crippen molar-refractivity contribution in [3.8, 4) is 5.75 Å². The standard InChI is InChI=1S/C26H25N3O4S/c1-33-19-11-9-18(10-12-19)23(17-6-3-2-4-7-17)27-22(30)16-29-24(31)26(28-25(29)32)14-5-8-21-20(26)13-15-34-21/h2-4,6-7,9-13,15,23H,5,8,14,16H2,1H3,(H,27,30)(H,28,32)/t23-,26+/m1/s1. The monoisotopic (exact) mass is 475 g/mol. The molecular weight excluding hydrogens is 450 g/mol. The van der Waals surface area contributed by atoms with E-state index < -0.39 is 23.5 Å². The van der Waals surface area contributed by atoms with Crippen LogP contribution in [0.1, 0.15) is 40.5 Å². The maximum absolute atomic E-state index is 13.4. The molecule has 4 amide bonds. The van der Waals surface area contributed by atoms with Gasteiger partial charge in [-0.1, -0.05) is 42.5 Å². The van der Waals surface area contributed by atoms with E-state index in [9.17, 15) is 14.4 Å². The number of nitrogens with zero attached hydrogens (tertiary/aromatic N) is 1. The Labute approximate surface area is 201 Å². The molecule has 0 unspecified atom stereocenters. The minimum absolute atomic E-state index is 0.342. The van der Waals surface area contributed by atoms with Crippen LogP contribution in [0.2, 0.25) is 0 Å². The van der Waals surface area contributed by atoms with Crippen LogP contribution in [0.4, 0.5) is 4.79 Å². The first-order chi connectivity index (χ1) is 16.5. The largest absolute Gasteiger partial charge is 0.497 e. The Bertz CT molecular complexity index is 1220. The number of ether oxygens (including phenoxy) is 1. The summed E-state index contributed by atoms with van der Waals surface area (Å²) in [6.07, 6.45) is 2.25. The average molecular weight is 476 g/mol. The predicted molar refractivity (Wildman–Crippen MR) is 129 cm³/mol. The quantitative estimate of drug-likeness (QED) is 0.532. The van der Waals surface area contributed by atoms with Gasteiger partial charge in [0.1, 0.15) is 17.8 Å². The summed E-state index contributed by atoms with van der Waals surface area (Å²) in [4.78, 5) is 41.6. The number of nitrogens with one attached hydrogen (secondary N) is 2. The van der Waals surface area contributed by atoms with E-state index in [0.29, 0.717) is 12.2 Å². The van der Waals surface area contributed by atoms with Gasteiger partial charge in [0, 0.05) is 10.4 Å². The fraction of sp³-hybridized carbons (Fsp3) is 0.269. The molecule has 8 heteroatoms. The first-order valence-corrected chi connectivity index (χ1v) is 12.1. The first kappa shape index (κ1) is 22.2. The number of thiophene rings is 1. The smallest absolute Gasteiger partial charge is 0.325 e. The molecule has 2 atom stereocenters. The van der Waals surface area contributed by atoms with Crippen LogP contribution in [0, 0.1) is 0 Å². The Kier molecular flexibility index (Phi) is 5.83. The van der Waals surface area contributed by atoms with Gasteiger partial charge in [0.2, 0.25) is 5.91 Å². The molecule has 174 valence electrons. The Morgan fingerprint density at radius 2 is 1.85 bits per heavy atom. The molecule has 1 aliphatic heterocycles. The van der Waals surface area contributed by atoms with Crippen LogP contribution in [0.3, 0.4) is 0 Å². The Hall–Kier alpha value is -3.65. The van der Waals surface area contributed by atoms with Crippen molar-refractivity contribution in [3.63, 3.8) is 0 Å². The third-order valence-corrected chi connectivity index (χ3v) is 7.51. The average Bonchev–Trinajstić information content (AvgIpc) is 3.44. The summed E-state index contributed by atoms with van der Waals surface area (Å²) >= 11 is 1.60. The number of amides is 4. The molecule has 2 aliphatic rings. The molecule has 1 saturated heterocycles. The zero-order valence-corrected chi connectivity index (χ0v) is 19.6. The lowest BCUT2D eigenvalue weighted by atomic mass is 9.80. The van der Waals surface area contributed by atoms with Crippen molar-refractivity contribution in [1.82, 2.24) is 15.5 Å². The molecule has 1 aliphatic carbocycles. The Morgan fingerprint density at radius 1 is 1.12 bits per heavy atom. The summed E-state index contributed by atoms with van der Waals surface area (Å²) in [5.74, 6) is -0.0499. The lowest BCUT2D eigenvalue weighted by Crippen LogP contribution is -2.47. The van der Waals surface area contributed by atoms with Crippen molar-refractivity contribution in [2.45, 2.75) is 30.8 Å². The highest BCUT2D eigenvalue weighted by atomic mass is 32.1. The lowest BCUT2D eigenvalue weighted by Gasteiger charge is -2.31. The summed E-state index contributed by atoms with van der Waals surface area (Å²) in [5.41, 5.74) is 1.57. The predicted octanol–water partition coefficient (Wildman–Crippen LogP) is 3.75. The minimum Gasteiger partial charge on any atom is -0.497 e. The second kappa shape index (κ2) is 8.95. The van der Waals surface area contributed by atoms with Crippen LogP contribution >= 0.6 is 11.3 Å². The number of hydrogen-bond donors (Lipinski definition) is 2. The van der Waals surface area contributed by atoms with Gasteiger partial charge in [-0.05, 0) is 54.0 Å². The molecule has 0 radical (unpaired) electrons. The van der Waals surface area contributed by atoms with E-state index in [1.807, 2.05) is 66.0 Å². The maximum Gasteiger partial charge on any atom is 0.325 e. The number of rotatable bonds is 6. The molecule has 1 fully saturated rings. The van der Waals surface area contributed by atoms with Crippen molar-refractivity contribution in [3.05, 3.63) is 87.6 Å². The minimum atomic E-state index is -1.06. The molecule has 1 spiro atoms. The van der Waals surface area contributed by atoms with Crippen LogP contribution in [0.5, 0.6) is 5.75 Å². The van der Waals surface area contributed by atoms with Gasteiger partial charge >= 0.3 is 6.03 Å². The van der Waals surface area contributed by atoms with Crippen LogP contribution in [-0.4, -0.2) is 36.4 Å². The number of methoxy groups -OCH3 is 1. The number of fused-ring (bicyclic) bond motifs is 2. The highest BCUT2D eigenvalue weighted by Crippen LogP contribution is 2.42. The molecule has 34 heavy (non-hydrogen) atoms. The van der Waals surface area contributed by atoms with Gasteiger partial charge < -0.3 is 15.4 Å². The fourth-order valence-electron chi connectivity index (χ4n) is 4.84. The summed E-state index contributed by atoms with van der Waals surface area (Å²) in [5, 5.41) is 7.86. The van der Waals surface area contributed by atoms with Crippen LogP contribution in [-0.2, 0) is 21.5 Å². The van der Waals surface area contributed by atoms with E-state index in [2.05, 4.69) is 10.6 Å². The Morgan fingerprint density at radius 3 is 2.59 bits per heavy atom. The van der Waals surface area contributed by atoms with Crippen LogP contribution in [0.25, 0.3) is 0 Å². The fourth-order valence-corrected chi connectivity index (χ4v) is 5.84. The van der Waals surface area contributed by atoms with Gasteiger partial charge in [-0.15, -0.1) is 11.3 Å². The van der Waals surface area contributed by atoms with Gasteiger partial charge in [-0.25, -0.2) is 4.79 Å². The molecule has 2 N–H and O–H groups in total. The van der Waals surface area contributed by atoms with Gasteiger partial charge in [0.15, 0.2) is 0 Å². The van der Waals surface area contributed by atoms with E-state index >= 15 is 0 Å². The third kappa shape index (κ3) is 3.84. The SMILES string of the molecule is COc1ccc([C@H](NC(=O)CN2C(=O)N[C@]3(CCCc4sccc43)C2=O)c2ccccc2)cc1. The number of aryl methyl sites for hydroxylation is 1. The first-order valence-electron chi connectivity index (χ1n) is 11.2. The van der Waals surface area contributed by atoms with E-state index in [4.69, 9.17) is 4.74 Å². The highest BCUT2D eigenvalue weighted by Gasteiger charge is 2.54. The second-order valence-corrected chi connectivity index (χ2v) is 9.52. The second-order valence-electron chi connectivity index (χ2n) is 8.52. The molecular formula is C26H25N3O4S. The van der Waals surface area contributed by atoms with Crippen molar-refractivity contribution in [2.75, 3.05) is 13.7 Å². The maximum atomic E-state index is 13.4. The van der Waals surface area contributed by atoms with Crippen molar-refractivity contribution in [1.29, 1.82) is 0 Å². The molecule has 1 aromatic heterocycles. The molecule has 3 aromatic rings. The summed E-state index contributed by atoms with van der Waals surface area (Å²) < 4.78 is 5.25. The molecule has 2 aromatic carbocycles. The number of imide groups is 1. The zero-order chi connectivity index (χ0) is 23.7. The van der Waals surface area contributed by atoms with Crippen LogP contribution < -0.4 is 15.4 Å². The van der Waals surface area contributed by atoms with Crippen molar-refractivity contribution in [2.24, 2.45) is 0 Å². The molecule has 0 bridgehead atoms. The van der Waals surface area contributed by atoms with E-state index in [1.165, 1.54) is 0 Å². The molecule has 7 nitrogen and oxygen atoms in total. The number of hydrogen-bond acceptors (Lipinski definition) is 5. The van der Waals surface area contributed by atoms with E-state index in [-0.39, 0.29) is 12.5 Å². The van der Waals surface area contributed by atoms with Crippen LogP contribution in [0.15, 0.2) is 66.0 Å². The lowest BCUT2D eigenvalue weighted by molar-refractivity contribution is -0.135. The number of carbonyl (C=O) groups excluding carboxylic acids is 3. The highest BCUT2D eigenvalue weighted by molar-refractivity contribution is 7.10. The van der Waals surface area contributed by atoms with Crippen molar-refractivity contribution < 1.29 is 19.1 Å². The van der Waals surface area contributed by atoms with Gasteiger partial charge in [-0.2, -0.15) is 0 Å². The summed E-state index contributed by atoms with van der Waals surface area (Å²) in [7, 11) is 1.60. The normalized spacial score (nSPS) is 20.1. The van der Waals surface area contributed by atoms with Crippen molar-refractivity contribution >= 4 is 29.2 Å². The number of carbonyl (C=O) groups is 3. The van der Waals surface area contributed by atoms with Gasteiger partial charge in [0.25, 0.3) is 5.91 Å². The summed E-state index contributed by atoms with van der Waals surface area (Å²) in [6, 6.07) is 18.0. The van der Waals surface area contributed by atoms with Gasteiger partial charge in [0.05, 0.1) is 13.2 Å². The molecule has 5 rings (SSSR count). The molecule has 0 saturated carbocycles. The summed E-state index contributed by atoms with van der Waals surface area (Å²) in [6.45, 7) is -0.342. The number of urea groups is 1. The van der Waals surface area contributed by atoms with Gasteiger partial charge in [-0.3, -0.25) is 14.5 Å². The topological polar surface area (TPSA) is 87.7 Å². The number of benzene rings is 2. The third-order valence-electron chi connectivity index (χ3n) is 6.53. The van der Waals surface area contributed by atoms with E-state index in [1.54, 1.807) is 18.4 Å².